The zero-order valence-corrected chi connectivity index (χ0v) is 9.66. The molecule has 0 aromatic carbocycles. The van der Waals surface area contributed by atoms with Gasteiger partial charge in [-0.25, -0.2) is 0 Å². The molecule has 2 amide bonds. The Morgan fingerprint density at radius 1 is 1.50 bits per heavy atom. The van der Waals surface area contributed by atoms with Crippen molar-refractivity contribution >= 4 is 11.8 Å². The van der Waals surface area contributed by atoms with Crippen LogP contribution < -0.4 is 10.6 Å². The van der Waals surface area contributed by atoms with Crippen LogP contribution in [0.5, 0.6) is 0 Å². The van der Waals surface area contributed by atoms with Gasteiger partial charge < -0.3 is 15.5 Å². The highest BCUT2D eigenvalue weighted by atomic mass is 16.2. The number of likely N-dealkylation sites (tertiary alicyclic amines) is 1. The summed E-state index contributed by atoms with van der Waals surface area (Å²) in [5, 5.41) is 5.71. The second kappa shape index (κ2) is 4.82. The van der Waals surface area contributed by atoms with Gasteiger partial charge in [0.2, 0.25) is 11.8 Å². The average Bonchev–Trinajstić information content (AvgIpc) is 2.65. The molecule has 0 spiro atoms. The van der Waals surface area contributed by atoms with E-state index in [1.165, 1.54) is 0 Å². The van der Waals surface area contributed by atoms with E-state index >= 15 is 0 Å². The first kappa shape index (κ1) is 11.4. The first-order chi connectivity index (χ1) is 7.65. The Labute approximate surface area is 95.6 Å². The van der Waals surface area contributed by atoms with Crippen LogP contribution in [0.1, 0.15) is 25.7 Å². The molecule has 0 radical (unpaired) electrons. The molecule has 0 aromatic heterocycles. The summed E-state index contributed by atoms with van der Waals surface area (Å²) in [7, 11) is 2.07. The summed E-state index contributed by atoms with van der Waals surface area (Å²) in [5.74, 6) is -0.0351. The van der Waals surface area contributed by atoms with Crippen molar-refractivity contribution in [2.45, 2.75) is 37.8 Å². The summed E-state index contributed by atoms with van der Waals surface area (Å²) >= 11 is 0. The van der Waals surface area contributed by atoms with E-state index in [-0.39, 0.29) is 23.9 Å². The van der Waals surface area contributed by atoms with Crippen molar-refractivity contribution in [3.63, 3.8) is 0 Å². The Kier molecular flexibility index (Phi) is 3.43. The van der Waals surface area contributed by atoms with E-state index in [1.807, 2.05) is 0 Å². The van der Waals surface area contributed by atoms with Gasteiger partial charge in [-0.3, -0.25) is 9.59 Å². The number of nitrogens with zero attached hydrogens (tertiary/aromatic N) is 1. The minimum Gasteiger partial charge on any atom is -0.350 e. The SMILES string of the molecule is CN1CCCC(NC(=O)C2CCC(=O)N2)C1. The van der Waals surface area contributed by atoms with Crippen molar-refractivity contribution in [3.05, 3.63) is 0 Å². The van der Waals surface area contributed by atoms with Crippen LogP contribution in [0, 0.1) is 0 Å². The molecule has 2 heterocycles. The molecule has 2 rings (SSSR count). The minimum absolute atomic E-state index is 0.0130. The van der Waals surface area contributed by atoms with Crippen molar-refractivity contribution in [2.75, 3.05) is 20.1 Å². The lowest BCUT2D eigenvalue weighted by molar-refractivity contribution is -0.126. The Hall–Kier alpha value is -1.10. The predicted molar refractivity (Wildman–Crippen MR) is 59.8 cm³/mol. The van der Waals surface area contributed by atoms with Gasteiger partial charge in [-0.2, -0.15) is 0 Å². The molecule has 90 valence electrons. The predicted octanol–water partition coefficient (Wildman–Crippen LogP) is -0.525. The number of likely N-dealkylation sites (N-methyl/N-ethyl adjacent to an activating group) is 1. The number of hydrogen-bond donors (Lipinski definition) is 2. The smallest absolute Gasteiger partial charge is 0.242 e. The summed E-state index contributed by atoms with van der Waals surface area (Å²) < 4.78 is 0. The number of rotatable bonds is 2. The Morgan fingerprint density at radius 3 is 2.94 bits per heavy atom. The van der Waals surface area contributed by atoms with Gasteiger partial charge in [-0.05, 0) is 32.9 Å². The molecule has 2 saturated heterocycles. The number of carbonyl (C=O) groups is 2. The van der Waals surface area contributed by atoms with Crippen molar-refractivity contribution in [2.24, 2.45) is 0 Å². The molecule has 0 bridgehead atoms. The number of nitrogens with one attached hydrogen (secondary N) is 2. The molecule has 16 heavy (non-hydrogen) atoms. The van der Waals surface area contributed by atoms with E-state index in [2.05, 4.69) is 22.6 Å². The maximum absolute atomic E-state index is 11.8. The van der Waals surface area contributed by atoms with Crippen molar-refractivity contribution in [1.29, 1.82) is 0 Å². The van der Waals surface area contributed by atoms with Gasteiger partial charge in [0.15, 0.2) is 0 Å². The molecule has 2 atom stereocenters. The number of carbonyl (C=O) groups excluding carboxylic acids is 2. The monoisotopic (exact) mass is 225 g/mol. The fraction of sp³-hybridized carbons (Fsp3) is 0.818. The van der Waals surface area contributed by atoms with E-state index in [0.29, 0.717) is 12.8 Å². The van der Waals surface area contributed by atoms with Crippen LogP contribution in [0.4, 0.5) is 0 Å². The Morgan fingerprint density at radius 2 is 2.31 bits per heavy atom. The highest BCUT2D eigenvalue weighted by molar-refractivity contribution is 5.90. The van der Waals surface area contributed by atoms with Crippen molar-refractivity contribution in [3.8, 4) is 0 Å². The van der Waals surface area contributed by atoms with Crippen LogP contribution in [0.3, 0.4) is 0 Å². The number of piperidine rings is 1. The van der Waals surface area contributed by atoms with E-state index in [0.717, 1.165) is 25.9 Å². The molecule has 2 N–H and O–H groups in total. The van der Waals surface area contributed by atoms with Gasteiger partial charge in [0.25, 0.3) is 0 Å². The molecule has 5 nitrogen and oxygen atoms in total. The van der Waals surface area contributed by atoms with Gasteiger partial charge in [-0.15, -0.1) is 0 Å². The second-order valence-electron chi connectivity index (χ2n) is 4.77. The van der Waals surface area contributed by atoms with Gasteiger partial charge in [0, 0.05) is 19.0 Å². The number of hydrogen-bond acceptors (Lipinski definition) is 3. The van der Waals surface area contributed by atoms with E-state index in [1.54, 1.807) is 0 Å². The van der Waals surface area contributed by atoms with Crippen molar-refractivity contribution < 1.29 is 9.59 Å². The largest absolute Gasteiger partial charge is 0.350 e. The summed E-state index contributed by atoms with van der Waals surface area (Å²) in [4.78, 5) is 25.0. The molecule has 0 saturated carbocycles. The Balaban J connectivity index is 1.80. The molecule has 2 aliphatic heterocycles. The fourth-order valence-corrected chi connectivity index (χ4v) is 2.40. The van der Waals surface area contributed by atoms with Crippen LogP contribution in [-0.4, -0.2) is 48.9 Å². The van der Waals surface area contributed by atoms with Crippen LogP contribution in [0.25, 0.3) is 0 Å². The first-order valence-electron chi connectivity index (χ1n) is 5.93. The average molecular weight is 225 g/mol. The fourth-order valence-electron chi connectivity index (χ4n) is 2.40. The number of amides is 2. The van der Waals surface area contributed by atoms with E-state index < -0.39 is 0 Å². The van der Waals surface area contributed by atoms with Crippen LogP contribution in [-0.2, 0) is 9.59 Å². The molecule has 2 aliphatic rings. The standard InChI is InChI=1S/C11H19N3O2/c1-14-6-2-3-8(7-14)12-11(16)9-4-5-10(15)13-9/h8-9H,2-7H2,1H3,(H,12,16)(H,13,15). The maximum atomic E-state index is 11.8. The van der Waals surface area contributed by atoms with Gasteiger partial charge >= 0.3 is 0 Å². The lowest BCUT2D eigenvalue weighted by Gasteiger charge is -2.30. The highest BCUT2D eigenvalue weighted by Gasteiger charge is 2.29. The molecule has 2 fully saturated rings. The first-order valence-corrected chi connectivity index (χ1v) is 5.93. The minimum atomic E-state index is -0.306. The molecular weight excluding hydrogens is 206 g/mol. The van der Waals surface area contributed by atoms with Gasteiger partial charge in [-0.1, -0.05) is 0 Å². The molecular formula is C11H19N3O2. The van der Waals surface area contributed by atoms with Crippen LogP contribution in [0.2, 0.25) is 0 Å². The van der Waals surface area contributed by atoms with Crippen LogP contribution >= 0.6 is 0 Å². The Bertz CT molecular complexity index is 293. The topological polar surface area (TPSA) is 61.4 Å². The van der Waals surface area contributed by atoms with Crippen molar-refractivity contribution in [1.82, 2.24) is 15.5 Å². The molecule has 2 unspecified atom stereocenters. The maximum Gasteiger partial charge on any atom is 0.242 e. The summed E-state index contributed by atoms with van der Waals surface area (Å²) in [6.45, 7) is 2.01. The van der Waals surface area contributed by atoms with Gasteiger partial charge in [0.1, 0.15) is 6.04 Å². The summed E-state index contributed by atoms with van der Waals surface area (Å²) in [6.07, 6.45) is 3.27. The zero-order valence-electron chi connectivity index (χ0n) is 9.66. The third-order valence-electron chi connectivity index (χ3n) is 3.28. The quantitative estimate of drug-likeness (QED) is 0.664. The third kappa shape index (κ3) is 2.72. The third-order valence-corrected chi connectivity index (χ3v) is 3.28. The zero-order chi connectivity index (χ0) is 11.5. The normalized spacial score (nSPS) is 31.2. The molecule has 0 aromatic rings. The molecule has 0 aliphatic carbocycles. The second-order valence-corrected chi connectivity index (χ2v) is 4.77. The van der Waals surface area contributed by atoms with Gasteiger partial charge in [0.05, 0.1) is 0 Å². The summed E-state index contributed by atoms with van der Waals surface area (Å²) in [5.41, 5.74) is 0. The van der Waals surface area contributed by atoms with E-state index in [9.17, 15) is 9.59 Å². The lowest BCUT2D eigenvalue weighted by Crippen LogP contribution is -2.51. The summed E-state index contributed by atoms with van der Waals surface area (Å²) in [6, 6.07) is -0.0662. The van der Waals surface area contributed by atoms with E-state index in [4.69, 9.17) is 0 Å². The lowest BCUT2D eigenvalue weighted by atomic mass is 10.1. The highest BCUT2D eigenvalue weighted by Crippen LogP contribution is 2.10. The molecule has 5 heteroatoms. The van der Waals surface area contributed by atoms with Crippen LogP contribution in [0.15, 0.2) is 0 Å².